The van der Waals surface area contributed by atoms with Crippen LogP contribution < -0.4 is 14.8 Å². The van der Waals surface area contributed by atoms with Crippen molar-refractivity contribution in [1.82, 2.24) is 5.32 Å². The number of ether oxygens (including phenoxy) is 2. The Hall–Kier alpha value is -1.04. The lowest BCUT2D eigenvalue weighted by molar-refractivity contribution is 0.390. The molecule has 0 spiro atoms. The normalized spacial score (nSPS) is 10.5. The molecule has 5 heteroatoms. The molecule has 3 nitrogen and oxygen atoms in total. The van der Waals surface area contributed by atoms with Gasteiger partial charge in [-0.1, -0.05) is 0 Å². The second-order valence-corrected chi connectivity index (χ2v) is 5.78. The Morgan fingerprint density at radius 2 is 2.05 bits per heavy atom. The first-order valence-corrected chi connectivity index (χ1v) is 7.51. The zero-order chi connectivity index (χ0) is 13.8. The second kappa shape index (κ2) is 6.41. The van der Waals surface area contributed by atoms with Gasteiger partial charge in [-0.15, -0.1) is 11.3 Å². The van der Waals surface area contributed by atoms with Gasteiger partial charge in [-0.2, -0.15) is 0 Å². The number of thiophene rings is 1. The maximum atomic E-state index is 5.50. The van der Waals surface area contributed by atoms with Crippen LogP contribution in [0.5, 0.6) is 11.5 Å². The first-order chi connectivity index (χ1) is 9.21. The minimum atomic E-state index is 0.770. The summed E-state index contributed by atoms with van der Waals surface area (Å²) >= 11 is 5.27. The predicted molar refractivity (Wildman–Crippen MR) is 83.3 cm³/mol. The van der Waals surface area contributed by atoms with E-state index < -0.39 is 0 Å². The molecule has 2 aromatic rings. The molecule has 0 aliphatic carbocycles. The third kappa shape index (κ3) is 2.94. The van der Waals surface area contributed by atoms with Crippen molar-refractivity contribution in [3.05, 3.63) is 32.9 Å². The minimum absolute atomic E-state index is 0.770. The smallest absolute Gasteiger partial charge is 0.144 e. The summed E-state index contributed by atoms with van der Waals surface area (Å²) in [4.78, 5) is 1.30. The van der Waals surface area contributed by atoms with Crippen LogP contribution in [-0.4, -0.2) is 21.3 Å². The zero-order valence-electron chi connectivity index (χ0n) is 11.1. The van der Waals surface area contributed by atoms with Gasteiger partial charge < -0.3 is 14.8 Å². The topological polar surface area (TPSA) is 30.5 Å². The Morgan fingerprint density at radius 1 is 1.26 bits per heavy atom. The van der Waals surface area contributed by atoms with Crippen LogP contribution in [0.3, 0.4) is 0 Å². The zero-order valence-corrected chi connectivity index (χ0v) is 13.5. The molecule has 102 valence electrons. The van der Waals surface area contributed by atoms with Crippen molar-refractivity contribution < 1.29 is 9.47 Å². The van der Waals surface area contributed by atoms with Gasteiger partial charge >= 0.3 is 0 Å². The summed E-state index contributed by atoms with van der Waals surface area (Å²) in [7, 11) is 5.27. The van der Waals surface area contributed by atoms with Crippen molar-refractivity contribution in [2.45, 2.75) is 6.54 Å². The molecule has 2 rings (SSSR count). The molecule has 0 bridgehead atoms. The molecule has 0 radical (unpaired) electrons. The third-order valence-electron chi connectivity index (χ3n) is 2.80. The fourth-order valence-electron chi connectivity index (χ4n) is 1.91. The van der Waals surface area contributed by atoms with Gasteiger partial charge in [0.2, 0.25) is 0 Å². The summed E-state index contributed by atoms with van der Waals surface area (Å²) in [5, 5.41) is 5.30. The predicted octanol–water partition coefficient (Wildman–Crippen LogP) is 3.91. The van der Waals surface area contributed by atoms with E-state index >= 15 is 0 Å². The fraction of sp³-hybridized carbons (Fsp3) is 0.286. The summed E-state index contributed by atoms with van der Waals surface area (Å²) in [5.74, 6) is 1.57. The molecule has 0 unspecified atom stereocenters. The van der Waals surface area contributed by atoms with Crippen molar-refractivity contribution >= 4 is 27.3 Å². The third-order valence-corrected chi connectivity index (χ3v) is 4.49. The van der Waals surface area contributed by atoms with Crippen LogP contribution in [-0.2, 0) is 6.54 Å². The molecule has 1 aromatic heterocycles. The standard InChI is InChI=1S/C14H16BrNO2S/c1-16-7-10-6-9(8-19-10)11-4-5-12(17-2)13(15)14(11)18-3/h4-6,8,16H,7H2,1-3H3. The van der Waals surface area contributed by atoms with Crippen LogP contribution in [0.1, 0.15) is 4.88 Å². The highest BCUT2D eigenvalue weighted by molar-refractivity contribution is 9.10. The molecule has 0 aliphatic heterocycles. The number of halogens is 1. The molecule has 1 heterocycles. The lowest BCUT2D eigenvalue weighted by Crippen LogP contribution is -2.02. The molecule has 0 saturated carbocycles. The van der Waals surface area contributed by atoms with Gasteiger partial charge in [0.25, 0.3) is 0 Å². The van der Waals surface area contributed by atoms with Gasteiger partial charge in [0.05, 0.1) is 14.2 Å². The summed E-state index contributed by atoms with van der Waals surface area (Å²) in [6.45, 7) is 0.879. The van der Waals surface area contributed by atoms with Gasteiger partial charge in [-0.05, 0) is 52.1 Å². The van der Waals surface area contributed by atoms with E-state index in [0.29, 0.717) is 0 Å². The van der Waals surface area contributed by atoms with E-state index in [1.807, 2.05) is 19.2 Å². The average molecular weight is 342 g/mol. The lowest BCUT2D eigenvalue weighted by atomic mass is 10.1. The van der Waals surface area contributed by atoms with E-state index in [2.05, 4.69) is 32.7 Å². The molecule has 0 atom stereocenters. The summed E-state index contributed by atoms with van der Waals surface area (Å²) in [6.07, 6.45) is 0. The number of methoxy groups -OCH3 is 2. The average Bonchev–Trinajstić information content (AvgIpc) is 2.87. The monoisotopic (exact) mass is 341 g/mol. The minimum Gasteiger partial charge on any atom is -0.495 e. The lowest BCUT2D eigenvalue weighted by Gasteiger charge is -2.12. The van der Waals surface area contributed by atoms with E-state index in [1.165, 1.54) is 4.88 Å². The fourth-order valence-corrected chi connectivity index (χ4v) is 3.48. The molecule has 0 fully saturated rings. The van der Waals surface area contributed by atoms with Crippen LogP contribution >= 0.6 is 27.3 Å². The molecule has 1 aromatic carbocycles. The molecule has 0 amide bonds. The van der Waals surface area contributed by atoms with E-state index in [4.69, 9.17) is 9.47 Å². The Kier molecular flexibility index (Phi) is 4.85. The Labute approximate surface area is 125 Å². The van der Waals surface area contributed by atoms with Crippen molar-refractivity contribution in [2.75, 3.05) is 21.3 Å². The van der Waals surface area contributed by atoms with Crippen molar-refractivity contribution in [3.8, 4) is 22.6 Å². The van der Waals surface area contributed by atoms with Crippen LogP contribution in [0.25, 0.3) is 11.1 Å². The quantitative estimate of drug-likeness (QED) is 0.894. The van der Waals surface area contributed by atoms with Gasteiger partial charge in [0.15, 0.2) is 0 Å². The van der Waals surface area contributed by atoms with Crippen LogP contribution in [0.15, 0.2) is 28.1 Å². The second-order valence-electron chi connectivity index (χ2n) is 3.99. The first kappa shape index (κ1) is 14.4. The Bertz CT molecular complexity index is 569. The summed E-state index contributed by atoms with van der Waals surface area (Å²) in [6, 6.07) is 6.14. The van der Waals surface area contributed by atoms with Gasteiger partial charge in [0.1, 0.15) is 16.0 Å². The Morgan fingerprint density at radius 3 is 2.68 bits per heavy atom. The number of nitrogens with one attached hydrogen (secondary N) is 1. The highest BCUT2D eigenvalue weighted by Crippen LogP contribution is 2.42. The molecule has 0 saturated heterocycles. The van der Waals surface area contributed by atoms with Crippen molar-refractivity contribution in [3.63, 3.8) is 0 Å². The summed E-state index contributed by atoms with van der Waals surface area (Å²) < 4.78 is 11.6. The molecular weight excluding hydrogens is 326 g/mol. The molecular formula is C14H16BrNO2S. The molecule has 19 heavy (non-hydrogen) atoms. The summed E-state index contributed by atoms with van der Waals surface area (Å²) in [5.41, 5.74) is 2.23. The van der Waals surface area contributed by atoms with Crippen LogP contribution in [0.4, 0.5) is 0 Å². The van der Waals surface area contributed by atoms with Gasteiger partial charge in [-0.25, -0.2) is 0 Å². The van der Waals surface area contributed by atoms with Gasteiger partial charge in [-0.3, -0.25) is 0 Å². The Balaban J connectivity index is 2.46. The SMILES string of the molecule is CNCc1cc(-c2ccc(OC)c(Br)c2OC)cs1. The van der Waals surface area contributed by atoms with Crippen molar-refractivity contribution in [2.24, 2.45) is 0 Å². The largest absolute Gasteiger partial charge is 0.495 e. The highest BCUT2D eigenvalue weighted by atomic mass is 79.9. The maximum absolute atomic E-state index is 5.50. The number of hydrogen-bond donors (Lipinski definition) is 1. The van der Waals surface area contributed by atoms with Crippen LogP contribution in [0, 0.1) is 0 Å². The first-order valence-electron chi connectivity index (χ1n) is 5.84. The number of benzene rings is 1. The number of rotatable bonds is 5. The molecule has 1 N–H and O–H groups in total. The maximum Gasteiger partial charge on any atom is 0.144 e. The van der Waals surface area contributed by atoms with Gasteiger partial charge in [0, 0.05) is 17.0 Å². The van der Waals surface area contributed by atoms with E-state index in [9.17, 15) is 0 Å². The molecule has 0 aliphatic rings. The van der Waals surface area contributed by atoms with Crippen LogP contribution in [0.2, 0.25) is 0 Å². The van der Waals surface area contributed by atoms with E-state index in [0.717, 1.165) is 33.6 Å². The number of hydrogen-bond acceptors (Lipinski definition) is 4. The highest BCUT2D eigenvalue weighted by Gasteiger charge is 2.15. The van der Waals surface area contributed by atoms with E-state index in [-0.39, 0.29) is 0 Å². The van der Waals surface area contributed by atoms with Crippen molar-refractivity contribution in [1.29, 1.82) is 0 Å². The van der Waals surface area contributed by atoms with E-state index in [1.54, 1.807) is 25.6 Å².